The van der Waals surface area contributed by atoms with Crippen LogP contribution in [0.4, 0.5) is 0 Å². The van der Waals surface area contributed by atoms with Gasteiger partial charge in [0.1, 0.15) is 0 Å². The summed E-state index contributed by atoms with van der Waals surface area (Å²) in [5.74, 6) is 0. The number of hydrogen-bond acceptors (Lipinski definition) is 4. The van der Waals surface area contributed by atoms with Gasteiger partial charge >= 0.3 is 0 Å². The Morgan fingerprint density at radius 3 is 2.62 bits per heavy atom. The monoisotopic (exact) mass is 249 g/mol. The molecule has 0 N–H and O–H groups in total. The van der Waals surface area contributed by atoms with E-state index in [0.29, 0.717) is 10.2 Å². The quantitative estimate of drug-likeness (QED) is 0.619. The van der Waals surface area contributed by atoms with Crippen LogP contribution in [-0.4, -0.2) is 16.2 Å². The molecule has 0 amide bonds. The summed E-state index contributed by atoms with van der Waals surface area (Å²) in [5.41, 5.74) is 1.04. The fourth-order valence-corrected chi connectivity index (χ4v) is 1.76. The molecule has 3 nitrogen and oxygen atoms in total. The van der Waals surface area contributed by atoms with Crippen molar-refractivity contribution in [2.24, 2.45) is 4.40 Å². The van der Waals surface area contributed by atoms with Gasteiger partial charge in [0.2, 0.25) is 0 Å². The lowest BCUT2D eigenvalue weighted by Gasteiger charge is -1.95. The molecule has 0 aliphatic rings. The highest BCUT2D eigenvalue weighted by atomic mass is 35.5. The summed E-state index contributed by atoms with van der Waals surface area (Å²) in [4.78, 5) is 7.98. The third kappa shape index (κ3) is 3.05. The van der Waals surface area contributed by atoms with Gasteiger partial charge in [-0.1, -0.05) is 41.9 Å². The van der Waals surface area contributed by atoms with Crippen molar-refractivity contribution < 1.29 is 0 Å². The van der Waals surface area contributed by atoms with Gasteiger partial charge in [0.25, 0.3) is 0 Å². The summed E-state index contributed by atoms with van der Waals surface area (Å²) in [5, 5.41) is 0.981. The van der Waals surface area contributed by atoms with E-state index < -0.39 is 0 Å². The fourth-order valence-electron chi connectivity index (χ4n) is 1.05. The molecule has 0 bridgehead atoms. The lowest BCUT2D eigenvalue weighted by atomic mass is 10.2. The predicted molar refractivity (Wildman–Crippen MR) is 66.9 cm³/mol. The first-order valence-electron chi connectivity index (χ1n) is 4.58. The molecule has 0 atom stereocenters. The van der Waals surface area contributed by atoms with Crippen molar-refractivity contribution in [3.63, 3.8) is 0 Å². The molecule has 5 heteroatoms. The summed E-state index contributed by atoms with van der Waals surface area (Å²) >= 11 is 7.04. The topological polar surface area (TPSA) is 38.1 Å². The van der Waals surface area contributed by atoms with Crippen LogP contribution in [0.15, 0.2) is 52.1 Å². The molecular formula is C11H8ClN3S. The van der Waals surface area contributed by atoms with Gasteiger partial charge in [-0.25, -0.2) is 14.4 Å². The van der Waals surface area contributed by atoms with Gasteiger partial charge in [-0.15, -0.1) is 0 Å². The molecule has 80 valence electrons. The van der Waals surface area contributed by atoms with Gasteiger partial charge in [0.05, 0.1) is 0 Å². The predicted octanol–water partition coefficient (Wildman–Crippen LogP) is 3.26. The summed E-state index contributed by atoms with van der Waals surface area (Å²) in [6.45, 7) is 0. The fraction of sp³-hybridized carbons (Fsp3) is 0. The number of aromatic nitrogens is 2. The highest BCUT2D eigenvalue weighted by Gasteiger charge is 2.00. The number of halogens is 1. The lowest BCUT2D eigenvalue weighted by Crippen LogP contribution is -1.83. The third-order valence-corrected chi connectivity index (χ3v) is 2.83. The van der Waals surface area contributed by atoms with Crippen LogP contribution >= 0.6 is 23.5 Å². The minimum atomic E-state index is 0.373. The van der Waals surface area contributed by atoms with Gasteiger partial charge in [-0.05, 0) is 5.56 Å². The lowest BCUT2D eigenvalue weighted by molar-refractivity contribution is 1.06. The van der Waals surface area contributed by atoms with E-state index >= 15 is 0 Å². The maximum atomic E-state index is 5.84. The summed E-state index contributed by atoms with van der Waals surface area (Å²) in [6.07, 6.45) is 4.90. The Labute approximate surface area is 103 Å². The highest BCUT2D eigenvalue weighted by molar-refractivity contribution is 7.98. The zero-order valence-electron chi connectivity index (χ0n) is 8.25. The first kappa shape index (κ1) is 11.1. The van der Waals surface area contributed by atoms with E-state index in [2.05, 4.69) is 14.4 Å². The summed E-state index contributed by atoms with van der Waals surface area (Å²) in [6, 6.07) is 9.83. The molecule has 1 aromatic heterocycles. The van der Waals surface area contributed by atoms with Crippen LogP contribution in [0.3, 0.4) is 0 Å². The van der Waals surface area contributed by atoms with E-state index in [9.17, 15) is 0 Å². The molecule has 0 spiro atoms. The Balaban J connectivity index is 2.03. The van der Waals surface area contributed by atoms with Crippen LogP contribution in [-0.2, 0) is 0 Å². The molecule has 0 aliphatic carbocycles. The average molecular weight is 250 g/mol. The largest absolute Gasteiger partial charge is 0.243 e. The Bertz CT molecular complexity index is 488. The Morgan fingerprint density at radius 1 is 1.12 bits per heavy atom. The van der Waals surface area contributed by atoms with Crippen LogP contribution in [0.5, 0.6) is 0 Å². The molecule has 16 heavy (non-hydrogen) atoms. The average Bonchev–Trinajstić information content (AvgIpc) is 2.33. The van der Waals surface area contributed by atoms with E-state index in [-0.39, 0.29) is 0 Å². The number of benzene rings is 1. The molecule has 0 fully saturated rings. The molecule has 0 aliphatic heterocycles. The molecule has 1 aromatic carbocycles. The number of nitrogens with zero attached hydrogens (tertiary/aromatic N) is 3. The Hall–Kier alpha value is -1.39. The van der Waals surface area contributed by atoms with E-state index in [1.807, 2.05) is 30.3 Å². The molecular weight excluding hydrogens is 242 g/mol. The van der Waals surface area contributed by atoms with Crippen LogP contribution in [0.1, 0.15) is 5.56 Å². The van der Waals surface area contributed by atoms with E-state index in [4.69, 9.17) is 11.6 Å². The van der Waals surface area contributed by atoms with Crippen molar-refractivity contribution in [1.82, 2.24) is 9.97 Å². The molecule has 0 saturated heterocycles. The zero-order valence-corrected chi connectivity index (χ0v) is 9.82. The maximum absolute atomic E-state index is 5.84. The number of rotatable bonds is 3. The smallest absolute Gasteiger partial charge is 0.163 e. The molecule has 2 aromatic rings. The number of hydrogen-bond donors (Lipinski definition) is 0. The normalized spacial score (nSPS) is 10.8. The van der Waals surface area contributed by atoms with Gasteiger partial charge in [0, 0.05) is 30.6 Å². The van der Waals surface area contributed by atoms with Gasteiger partial charge < -0.3 is 0 Å². The highest BCUT2D eigenvalue weighted by Crippen LogP contribution is 2.22. The minimum Gasteiger partial charge on any atom is -0.243 e. The molecule has 2 rings (SSSR count). The molecule has 1 heterocycles. The summed E-state index contributed by atoms with van der Waals surface area (Å²) < 4.78 is 4.18. The van der Waals surface area contributed by atoms with Crippen LogP contribution in [0.25, 0.3) is 0 Å². The van der Waals surface area contributed by atoms with E-state index in [1.165, 1.54) is 11.9 Å². The van der Waals surface area contributed by atoms with Crippen LogP contribution in [0, 0.1) is 0 Å². The van der Waals surface area contributed by atoms with Gasteiger partial charge in [0.15, 0.2) is 10.2 Å². The van der Waals surface area contributed by atoms with E-state index in [1.54, 1.807) is 18.6 Å². The van der Waals surface area contributed by atoms with Crippen molar-refractivity contribution in [3.05, 3.63) is 53.4 Å². The van der Waals surface area contributed by atoms with Crippen molar-refractivity contribution in [2.75, 3.05) is 0 Å². The van der Waals surface area contributed by atoms with Crippen LogP contribution < -0.4 is 0 Å². The molecule has 0 saturated carbocycles. The van der Waals surface area contributed by atoms with Crippen molar-refractivity contribution >= 4 is 29.8 Å². The minimum absolute atomic E-state index is 0.373. The van der Waals surface area contributed by atoms with Gasteiger partial charge in [-0.3, -0.25) is 0 Å². The second-order valence-electron chi connectivity index (χ2n) is 2.89. The van der Waals surface area contributed by atoms with Gasteiger partial charge in [-0.2, -0.15) is 0 Å². The van der Waals surface area contributed by atoms with Crippen molar-refractivity contribution in [1.29, 1.82) is 0 Å². The Morgan fingerprint density at radius 2 is 1.88 bits per heavy atom. The molecule has 0 radical (unpaired) electrons. The third-order valence-electron chi connectivity index (χ3n) is 1.76. The van der Waals surface area contributed by atoms with Crippen LogP contribution in [0.2, 0.25) is 5.15 Å². The SMILES string of the molecule is Clc1nccnc1S/N=C/c1ccccc1. The summed E-state index contributed by atoms with van der Waals surface area (Å²) in [7, 11) is 0. The first-order chi connectivity index (χ1) is 7.86. The van der Waals surface area contributed by atoms with Crippen molar-refractivity contribution in [2.45, 2.75) is 5.03 Å². The van der Waals surface area contributed by atoms with Crippen molar-refractivity contribution in [3.8, 4) is 0 Å². The molecule has 0 unspecified atom stereocenters. The maximum Gasteiger partial charge on any atom is 0.163 e. The standard InChI is InChI=1S/C11H8ClN3S/c12-10-11(14-7-6-13-10)16-15-8-9-4-2-1-3-5-9/h1-8H/b15-8+. The first-order valence-corrected chi connectivity index (χ1v) is 5.73. The second-order valence-corrected chi connectivity index (χ2v) is 4.03. The van der Waals surface area contributed by atoms with E-state index in [0.717, 1.165) is 5.56 Å². The zero-order chi connectivity index (χ0) is 11.2. The Kier molecular flexibility index (Phi) is 3.91. The second kappa shape index (κ2) is 5.63.